The lowest BCUT2D eigenvalue weighted by Crippen LogP contribution is -2.41. The van der Waals surface area contributed by atoms with E-state index in [0.717, 1.165) is 12.8 Å². The molecular weight excluding hydrogens is 219 g/mol. The Labute approximate surface area is 101 Å². The van der Waals surface area contributed by atoms with Gasteiger partial charge in [-0.05, 0) is 31.0 Å². The molecule has 17 heavy (non-hydrogen) atoms. The van der Waals surface area contributed by atoms with Gasteiger partial charge < -0.3 is 10.4 Å². The summed E-state index contributed by atoms with van der Waals surface area (Å²) < 4.78 is 13.0. The number of benzene rings is 1. The summed E-state index contributed by atoms with van der Waals surface area (Å²) in [6, 6.07) is 5.97. The highest BCUT2D eigenvalue weighted by molar-refractivity contribution is 5.58. The third-order valence-corrected chi connectivity index (χ3v) is 3.16. The molecule has 0 heterocycles. The van der Waals surface area contributed by atoms with Gasteiger partial charge in [0.2, 0.25) is 0 Å². The zero-order valence-electron chi connectivity index (χ0n) is 10.1. The Bertz CT molecular complexity index is 414. The van der Waals surface area contributed by atoms with E-state index in [4.69, 9.17) is 5.26 Å². The molecule has 3 nitrogen and oxygen atoms in total. The van der Waals surface area contributed by atoms with Crippen LogP contribution in [0.2, 0.25) is 0 Å². The van der Waals surface area contributed by atoms with Crippen LogP contribution in [0.3, 0.4) is 0 Å². The number of rotatable bonds is 5. The zero-order chi connectivity index (χ0) is 12.9. The summed E-state index contributed by atoms with van der Waals surface area (Å²) in [5.74, 6) is -0.435. The van der Waals surface area contributed by atoms with E-state index in [1.807, 2.05) is 19.9 Å². The highest BCUT2D eigenvalue weighted by Crippen LogP contribution is 2.24. The average Bonchev–Trinajstić information content (AvgIpc) is 2.37. The van der Waals surface area contributed by atoms with E-state index < -0.39 is 11.4 Å². The van der Waals surface area contributed by atoms with E-state index in [9.17, 15) is 9.50 Å². The lowest BCUT2D eigenvalue weighted by molar-refractivity contribution is 0.202. The van der Waals surface area contributed by atoms with Gasteiger partial charge in [-0.25, -0.2) is 4.39 Å². The molecule has 0 aliphatic rings. The molecule has 0 amide bonds. The number of nitrogens with zero attached hydrogens (tertiary/aromatic N) is 1. The van der Waals surface area contributed by atoms with Crippen LogP contribution < -0.4 is 5.32 Å². The topological polar surface area (TPSA) is 56.0 Å². The molecule has 0 aliphatic heterocycles. The Morgan fingerprint density at radius 1 is 1.41 bits per heavy atom. The van der Waals surface area contributed by atoms with E-state index in [0.29, 0.717) is 5.69 Å². The van der Waals surface area contributed by atoms with E-state index in [1.54, 1.807) is 0 Å². The molecule has 0 aliphatic carbocycles. The predicted molar refractivity (Wildman–Crippen MR) is 65.1 cm³/mol. The van der Waals surface area contributed by atoms with Gasteiger partial charge in [0.15, 0.2) is 0 Å². The zero-order valence-corrected chi connectivity index (χ0v) is 10.1. The number of aliphatic hydroxyl groups is 1. The molecule has 1 aromatic carbocycles. The van der Waals surface area contributed by atoms with Crippen LogP contribution in [-0.2, 0) is 0 Å². The van der Waals surface area contributed by atoms with Crippen molar-refractivity contribution >= 4 is 5.69 Å². The largest absolute Gasteiger partial charge is 0.394 e. The van der Waals surface area contributed by atoms with Crippen LogP contribution in [0.15, 0.2) is 18.2 Å². The minimum atomic E-state index is -0.455. The van der Waals surface area contributed by atoms with E-state index >= 15 is 0 Å². The van der Waals surface area contributed by atoms with Crippen LogP contribution in [0.5, 0.6) is 0 Å². The first-order valence-electron chi connectivity index (χ1n) is 5.69. The Kier molecular flexibility index (Phi) is 4.47. The Balaban J connectivity index is 3.06. The van der Waals surface area contributed by atoms with Crippen LogP contribution in [0, 0.1) is 17.1 Å². The molecule has 0 saturated carbocycles. The van der Waals surface area contributed by atoms with Crippen molar-refractivity contribution in [1.29, 1.82) is 5.26 Å². The minimum absolute atomic E-state index is 0.0256. The van der Waals surface area contributed by atoms with E-state index in [1.165, 1.54) is 18.2 Å². The highest BCUT2D eigenvalue weighted by Gasteiger charge is 2.25. The van der Waals surface area contributed by atoms with Gasteiger partial charge >= 0.3 is 0 Å². The van der Waals surface area contributed by atoms with Gasteiger partial charge in [0.1, 0.15) is 11.9 Å². The molecule has 0 spiro atoms. The van der Waals surface area contributed by atoms with Crippen molar-refractivity contribution in [3.63, 3.8) is 0 Å². The maximum atomic E-state index is 13.0. The van der Waals surface area contributed by atoms with Crippen molar-refractivity contribution in [1.82, 2.24) is 0 Å². The standard InChI is InChI=1S/C13H17FN2O/c1-3-13(4-2,9-17)16-12-6-5-11(14)7-10(12)8-15/h5-7,16-17H,3-4,9H2,1-2H3. The van der Waals surface area contributed by atoms with Crippen molar-refractivity contribution in [2.75, 3.05) is 11.9 Å². The summed E-state index contributed by atoms with van der Waals surface area (Å²) in [5, 5.41) is 21.5. The summed E-state index contributed by atoms with van der Waals surface area (Å²) in [6.45, 7) is 3.90. The van der Waals surface area contributed by atoms with E-state index in [2.05, 4.69) is 5.32 Å². The number of halogens is 1. The lowest BCUT2D eigenvalue weighted by atomic mass is 9.93. The number of aliphatic hydroxyl groups excluding tert-OH is 1. The third kappa shape index (κ3) is 2.95. The molecule has 2 N–H and O–H groups in total. The molecule has 0 fully saturated rings. The average molecular weight is 236 g/mol. The van der Waals surface area contributed by atoms with Crippen molar-refractivity contribution in [3.8, 4) is 6.07 Å². The van der Waals surface area contributed by atoms with Crippen LogP contribution in [-0.4, -0.2) is 17.3 Å². The van der Waals surface area contributed by atoms with Crippen LogP contribution >= 0.6 is 0 Å². The second-order valence-electron chi connectivity index (χ2n) is 4.07. The Morgan fingerprint density at radius 3 is 2.53 bits per heavy atom. The molecule has 0 bridgehead atoms. The molecule has 0 unspecified atom stereocenters. The number of anilines is 1. The highest BCUT2D eigenvalue weighted by atomic mass is 19.1. The van der Waals surface area contributed by atoms with Gasteiger partial charge in [0.25, 0.3) is 0 Å². The SMILES string of the molecule is CCC(CC)(CO)Nc1ccc(F)cc1C#N. The number of nitriles is 1. The van der Waals surface area contributed by atoms with Crippen LogP contribution in [0.1, 0.15) is 32.3 Å². The summed E-state index contributed by atoms with van der Waals surface area (Å²) >= 11 is 0. The predicted octanol–water partition coefficient (Wildman–Crippen LogP) is 2.66. The number of hydrogen-bond donors (Lipinski definition) is 2. The monoisotopic (exact) mass is 236 g/mol. The van der Waals surface area contributed by atoms with Gasteiger partial charge in [-0.1, -0.05) is 13.8 Å². The van der Waals surface area contributed by atoms with Gasteiger partial charge in [0.05, 0.1) is 23.4 Å². The molecule has 0 radical (unpaired) electrons. The molecule has 1 rings (SSSR count). The summed E-state index contributed by atoms with van der Waals surface area (Å²) in [5.41, 5.74) is 0.361. The lowest BCUT2D eigenvalue weighted by Gasteiger charge is -2.32. The second kappa shape index (κ2) is 5.65. The van der Waals surface area contributed by atoms with Gasteiger partial charge in [0, 0.05) is 0 Å². The fraction of sp³-hybridized carbons (Fsp3) is 0.462. The van der Waals surface area contributed by atoms with Gasteiger partial charge in [-0.2, -0.15) is 5.26 Å². The second-order valence-corrected chi connectivity index (χ2v) is 4.07. The first-order chi connectivity index (χ1) is 8.10. The fourth-order valence-electron chi connectivity index (χ4n) is 1.69. The van der Waals surface area contributed by atoms with Crippen LogP contribution in [0.4, 0.5) is 10.1 Å². The minimum Gasteiger partial charge on any atom is -0.394 e. The molecule has 4 heteroatoms. The number of hydrogen-bond acceptors (Lipinski definition) is 3. The summed E-state index contributed by atoms with van der Waals surface area (Å²) in [7, 11) is 0. The molecule has 0 aromatic heterocycles. The normalized spacial score (nSPS) is 11.0. The quantitative estimate of drug-likeness (QED) is 0.826. The molecule has 0 atom stereocenters. The smallest absolute Gasteiger partial charge is 0.124 e. The summed E-state index contributed by atoms with van der Waals surface area (Å²) in [4.78, 5) is 0. The maximum absolute atomic E-state index is 13.0. The van der Waals surface area contributed by atoms with Gasteiger partial charge in [-0.3, -0.25) is 0 Å². The van der Waals surface area contributed by atoms with Crippen molar-refractivity contribution in [2.24, 2.45) is 0 Å². The first-order valence-corrected chi connectivity index (χ1v) is 5.69. The van der Waals surface area contributed by atoms with E-state index in [-0.39, 0.29) is 12.2 Å². The summed E-state index contributed by atoms with van der Waals surface area (Å²) in [6.07, 6.45) is 1.45. The molecular formula is C13H17FN2O. The first kappa shape index (κ1) is 13.5. The number of nitrogens with one attached hydrogen (secondary N) is 1. The van der Waals surface area contributed by atoms with Crippen molar-refractivity contribution in [2.45, 2.75) is 32.2 Å². The third-order valence-electron chi connectivity index (χ3n) is 3.16. The van der Waals surface area contributed by atoms with Crippen molar-refractivity contribution < 1.29 is 9.50 Å². The molecule has 0 saturated heterocycles. The molecule has 1 aromatic rings. The Hall–Kier alpha value is -1.60. The maximum Gasteiger partial charge on any atom is 0.124 e. The van der Waals surface area contributed by atoms with Crippen molar-refractivity contribution in [3.05, 3.63) is 29.6 Å². The fourth-order valence-corrected chi connectivity index (χ4v) is 1.69. The van der Waals surface area contributed by atoms with Gasteiger partial charge in [-0.15, -0.1) is 0 Å². The molecule has 92 valence electrons. The Morgan fingerprint density at radius 2 is 2.06 bits per heavy atom. The van der Waals surface area contributed by atoms with Crippen LogP contribution in [0.25, 0.3) is 0 Å².